The maximum atomic E-state index is 6.89. The first-order valence-corrected chi connectivity index (χ1v) is 17.8. The van der Waals surface area contributed by atoms with Crippen LogP contribution in [0.2, 0.25) is 0 Å². The first-order valence-electron chi connectivity index (χ1n) is 17.8. The molecule has 0 bridgehead atoms. The molecule has 0 spiro atoms. The van der Waals surface area contributed by atoms with Gasteiger partial charge >= 0.3 is 0 Å². The molecule has 2 aromatic heterocycles. The van der Waals surface area contributed by atoms with E-state index >= 15 is 0 Å². The quantitative estimate of drug-likeness (QED) is 0.176. The van der Waals surface area contributed by atoms with Crippen LogP contribution in [0.3, 0.4) is 0 Å². The molecule has 0 saturated heterocycles. The number of rotatable bonds is 6. The van der Waals surface area contributed by atoms with E-state index in [0.29, 0.717) is 17.5 Å². The van der Waals surface area contributed by atoms with Crippen molar-refractivity contribution < 1.29 is 4.42 Å². The van der Waals surface area contributed by atoms with Gasteiger partial charge in [-0.25, -0.2) is 15.0 Å². The van der Waals surface area contributed by atoms with Crippen LogP contribution in [-0.4, -0.2) is 15.0 Å². The molecule has 0 N–H and O–H groups in total. The number of hydrogen-bond donors (Lipinski definition) is 0. The van der Waals surface area contributed by atoms with Crippen LogP contribution in [-0.2, 0) is 0 Å². The van der Waals surface area contributed by atoms with E-state index in [2.05, 4.69) is 146 Å². The van der Waals surface area contributed by atoms with E-state index < -0.39 is 0 Å². The van der Waals surface area contributed by atoms with E-state index in [-0.39, 0.29) is 0 Å². The van der Waals surface area contributed by atoms with Crippen molar-refractivity contribution in [2.75, 3.05) is 0 Å². The van der Waals surface area contributed by atoms with Crippen LogP contribution >= 0.6 is 0 Å². The third-order valence-corrected chi connectivity index (χ3v) is 9.90. The summed E-state index contributed by atoms with van der Waals surface area (Å²) in [7, 11) is 0. The highest BCUT2D eigenvalue weighted by Crippen LogP contribution is 2.42. The Bertz CT molecular complexity index is 2860. The fourth-order valence-electron chi connectivity index (χ4n) is 7.35. The minimum atomic E-state index is 0.553. The van der Waals surface area contributed by atoms with Crippen LogP contribution in [0.4, 0.5) is 0 Å². The van der Waals surface area contributed by atoms with Crippen LogP contribution < -0.4 is 0 Å². The summed E-state index contributed by atoms with van der Waals surface area (Å²) in [6.07, 6.45) is 0. The second-order valence-corrected chi connectivity index (χ2v) is 13.2. The molecular formula is C49H31N3O. The Balaban J connectivity index is 1.22. The lowest BCUT2D eigenvalue weighted by Gasteiger charge is -2.12. The van der Waals surface area contributed by atoms with Gasteiger partial charge in [0.05, 0.1) is 5.56 Å². The predicted octanol–water partition coefficient (Wildman–Crippen LogP) is 12.9. The molecule has 10 aromatic rings. The summed E-state index contributed by atoms with van der Waals surface area (Å²) in [6.45, 7) is 0. The number of hydrogen-bond acceptors (Lipinski definition) is 4. The van der Waals surface area contributed by atoms with Crippen LogP contribution in [0.1, 0.15) is 0 Å². The Morgan fingerprint density at radius 3 is 1.34 bits per heavy atom. The number of nitrogens with zero attached hydrogens (tertiary/aromatic N) is 3. The number of aromatic nitrogens is 3. The highest BCUT2D eigenvalue weighted by Gasteiger charge is 2.21. The van der Waals surface area contributed by atoms with Crippen molar-refractivity contribution >= 4 is 32.7 Å². The first kappa shape index (κ1) is 30.6. The van der Waals surface area contributed by atoms with Gasteiger partial charge in [0.15, 0.2) is 17.5 Å². The van der Waals surface area contributed by atoms with Crippen LogP contribution in [0, 0.1) is 0 Å². The molecule has 0 atom stereocenters. The summed E-state index contributed by atoms with van der Waals surface area (Å²) in [4.78, 5) is 15.5. The molecule has 2 heterocycles. The standard InChI is InChI=1S/C49H31N3O/c1-5-16-32(17-6-1)36-28-37(33-18-7-2-8-19-33)30-38(29-36)48-50-47(35-22-11-4-12-23-35)51-49(52-48)42-27-15-26-41-44-31-43(34-20-9-3-10-21-34)39-24-13-14-25-40(39)46(44)53-45(41)42/h1-31H. The highest BCUT2D eigenvalue weighted by atomic mass is 16.3. The van der Waals surface area contributed by atoms with Gasteiger partial charge in [0.1, 0.15) is 11.2 Å². The second kappa shape index (κ2) is 12.9. The Morgan fingerprint density at radius 2 is 0.717 bits per heavy atom. The zero-order valence-corrected chi connectivity index (χ0v) is 28.6. The molecule has 0 saturated carbocycles. The van der Waals surface area contributed by atoms with Crippen LogP contribution in [0.5, 0.6) is 0 Å². The molecule has 0 fully saturated rings. The molecule has 0 unspecified atom stereocenters. The Morgan fingerprint density at radius 1 is 0.264 bits per heavy atom. The summed E-state index contributed by atoms with van der Waals surface area (Å²) < 4.78 is 6.89. The minimum Gasteiger partial charge on any atom is -0.455 e. The molecule has 0 radical (unpaired) electrons. The Kier molecular flexibility index (Phi) is 7.43. The molecule has 0 aliphatic heterocycles. The Hall–Kier alpha value is -7.17. The molecule has 4 heteroatoms. The van der Waals surface area contributed by atoms with Crippen molar-refractivity contribution in [2.24, 2.45) is 0 Å². The average Bonchev–Trinajstić information content (AvgIpc) is 3.63. The molecule has 0 aliphatic carbocycles. The lowest BCUT2D eigenvalue weighted by molar-refractivity contribution is 0.673. The maximum absolute atomic E-state index is 6.89. The molecule has 0 amide bonds. The molecule has 4 nitrogen and oxygen atoms in total. The van der Waals surface area contributed by atoms with Gasteiger partial charge < -0.3 is 4.42 Å². The van der Waals surface area contributed by atoms with Gasteiger partial charge in [-0.3, -0.25) is 0 Å². The molecular weight excluding hydrogens is 647 g/mol. The van der Waals surface area contributed by atoms with Gasteiger partial charge in [-0.1, -0.05) is 158 Å². The van der Waals surface area contributed by atoms with Gasteiger partial charge in [-0.05, 0) is 69.1 Å². The zero-order valence-electron chi connectivity index (χ0n) is 28.6. The van der Waals surface area contributed by atoms with Crippen molar-refractivity contribution in [3.8, 4) is 67.5 Å². The van der Waals surface area contributed by atoms with Gasteiger partial charge in [0, 0.05) is 27.3 Å². The summed E-state index contributed by atoms with van der Waals surface area (Å²) >= 11 is 0. The SMILES string of the molecule is c1ccc(-c2cc(-c3ccccc3)cc(-c3nc(-c4ccccc4)nc(-c4cccc5c4oc4c6ccccc6c(-c6ccccc6)cc54)n3)c2)cc1. The average molecular weight is 678 g/mol. The van der Waals surface area contributed by atoms with Crippen molar-refractivity contribution in [1.29, 1.82) is 0 Å². The monoisotopic (exact) mass is 677 g/mol. The van der Waals surface area contributed by atoms with E-state index in [1.807, 2.05) is 42.5 Å². The molecule has 53 heavy (non-hydrogen) atoms. The summed E-state index contributed by atoms with van der Waals surface area (Å²) in [5.41, 5.74) is 11.0. The molecule has 248 valence electrons. The van der Waals surface area contributed by atoms with E-state index in [4.69, 9.17) is 19.4 Å². The summed E-state index contributed by atoms with van der Waals surface area (Å²) in [6, 6.07) is 65.1. The number of benzene rings is 8. The lowest BCUT2D eigenvalue weighted by Crippen LogP contribution is -2.00. The summed E-state index contributed by atoms with van der Waals surface area (Å²) in [5, 5.41) is 4.28. The summed E-state index contributed by atoms with van der Waals surface area (Å²) in [5.74, 6) is 1.74. The van der Waals surface area contributed by atoms with Crippen LogP contribution in [0.15, 0.2) is 192 Å². The van der Waals surface area contributed by atoms with Crippen LogP contribution in [0.25, 0.3) is 100 Å². The third kappa shape index (κ3) is 5.54. The second-order valence-electron chi connectivity index (χ2n) is 13.2. The predicted molar refractivity (Wildman–Crippen MR) is 217 cm³/mol. The largest absolute Gasteiger partial charge is 0.455 e. The molecule has 0 aliphatic rings. The van der Waals surface area contributed by atoms with E-state index in [9.17, 15) is 0 Å². The zero-order chi connectivity index (χ0) is 35.1. The lowest BCUT2D eigenvalue weighted by atomic mass is 9.95. The number of para-hydroxylation sites is 1. The molecule has 10 rings (SSSR count). The number of fused-ring (bicyclic) bond motifs is 5. The Labute approximate surface area is 306 Å². The van der Waals surface area contributed by atoms with Crippen molar-refractivity contribution in [3.63, 3.8) is 0 Å². The normalized spacial score (nSPS) is 11.4. The van der Waals surface area contributed by atoms with Crippen molar-refractivity contribution in [2.45, 2.75) is 0 Å². The van der Waals surface area contributed by atoms with Gasteiger partial charge in [0.25, 0.3) is 0 Å². The molecule has 8 aromatic carbocycles. The van der Waals surface area contributed by atoms with E-state index in [1.54, 1.807) is 0 Å². The number of furan rings is 1. The van der Waals surface area contributed by atoms with Gasteiger partial charge in [-0.2, -0.15) is 0 Å². The van der Waals surface area contributed by atoms with Gasteiger partial charge in [-0.15, -0.1) is 0 Å². The van der Waals surface area contributed by atoms with Crippen molar-refractivity contribution in [1.82, 2.24) is 15.0 Å². The van der Waals surface area contributed by atoms with Crippen molar-refractivity contribution in [3.05, 3.63) is 188 Å². The van der Waals surface area contributed by atoms with Gasteiger partial charge in [0.2, 0.25) is 0 Å². The smallest absolute Gasteiger partial charge is 0.167 e. The fraction of sp³-hybridized carbons (Fsp3) is 0. The topological polar surface area (TPSA) is 51.8 Å². The first-order chi connectivity index (χ1) is 26.3. The minimum absolute atomic E-state index is 0.553. The highest BCUT2D eigenvalue weighted by molar-refractivity contribution is 6.20. The maximum Gasteiger partial charge on any atom is 0.167 e. The fourth-order valence-corrected chi connectivity index (χ4v) is 7.35. The van der Waals surface area contributed by atoms with E-state index in [1.165, 1.54) is 11.1 Å². The third-order valence-electron chi connectivity index (χ3n) is 9.90. The van der Waals surface area contributed by atoms with E-state index in [0.717, 1.165) is 71.7 Å².